The van der Waals surface area contributed by atoms with E-state index in [4.69, 9.17) is 10.6 Å². The average Bonchev–Trinajstić information content (AvgIpc) is 2.87. The zero-order valence-corrected chi connectivity index (χ0v) is 18.9. The molecule has 1 unspecified atom stereocenters. The fourth-order valence-corrected chi connectivity index (χ4v) is 3.28. The van der Waals surface area contributed by atoms with Crippen LogP contribution in [0, 0.1) is 0 Å². The van der Waals surface area contributed by atoms with Crippen LogP contribution < -0.4 is 26.6 Å². The molecular weight excluding hydrogens is 432 g/mol. The second-order valence-corrected chi connectivity index (χ2v) is 7.62. The van der Waals surface area contributed by atoms with Crippen molar-refractivity contribution in [2.45, 2.75) is 32.3 Å². The summed E-state index contributed by atoms with van der Waals surface area (Å²) in [4.78, 5) is 37.3. The van der Waals surface area contributed by atoms with Gasteiger partial charge in [0.1, 0.15) is 5.75 Å². The van der Waals surface area contributed by atoms with Crippen molar-refractivity contribution in [2.75, 3.05) is 10.6 Å². The zero-order valence-electron chi connectivity index (χ0n) is 18.9. The summed E-state index contributed by atoms with van der Waals surface area (Å²) in [6, 6.07) is 22.7. The van der Waals surface area contributed by atoms with Crippen LogP contribution in [0.2, 0.25) is 0 Å². The van der Waals surface area contributed by atoms with Crippen molar-refractivity contribution in [1.82, 2.24) is 5.43 Å². The summed E-state index contributed by atoms with van der Waals surface area (Å²) in [6.07, 6.45) is 2.11. The van der Waals surface area contributed by atoms with E-state index in [0.29, 0.717) is 11.3 Å². The minimum absolute atomic E-state index is 0.210. The molecule has 34 heavy (non-hydrogen) atoms. The van der Waals surface area contributed by atoms with Crippen LogP contribution in [0.25, 0.3) is 0 Å². The molecule has 0 aliphatic carbocycles. The Morgan fingerprint density at radius 2 is 1.50 bits per heavy atom. The molecule has 1 atom stereocenters. The van der Waals surface area contributed by atoms with Gasteiger partial charge >= 0.3 is 11.8 Å². The van der Waals surface area contributed by atoms with Gasteiger partial charge in [0, 0.05) is 11.3 Å². The van der Waals surface area contributed by atoms with E-state index >= 15 is 0 Å². The number of ether oxygens (including phenoxy) is 1. The van der Waals surface area contributed by atoms with Crippen LogP contribution in [0.1, 0.15) is 37.0 Å². The summed E-state index contributed by atoms with van der Waals surface area (Å²) in [5, 5.41) is 5.13. The summed E-state index contributed by atoms with van der Waals surface area (Å²) in [5.74, 6) is 3.28. The molecule has 3 amide bonds. The highest BCUT2D eigenvalue weighted by atomic mass is 16.5. The topological polar surface area (TPSA) is 123 Å². The van der Waals surface area contributed by atoms with Gasteiger partial charge < -0.3 is 15.4 Å². The van der Waals surface area contributed by atoms with Crippen molar-refractivity contribution < 1.29 is 19.1 Å². The predicted octanol–water partition coefficient (Wildman–Crippen LogP) is 3.72. The van der Waals surface area contributed by atoms with Crippen LogP contribution in [-0.4, -0.2) is 17.7 Å². The lowest BCUT2D eigenvalue weighted by Gasteiger charge is -2.20. The normalized spacial score (nSPS) is 11.2. The minimum atomic E-state index is -1.05. The van der Waals surface area contributed by atoms with Gasteiger partial charge in [-0.1, -0.05) is 67.9 Å². The Kier molecular flexibility index (Phi) is 8.76. The van der Waals surface area contributed by atoms with Gasteiger partial charge in [-0.15, -0.1) is 0 Å². The standard InChI is InChI=1S/C26H28N4O4/c1-2-3-9-18-14-16-20(17-15-18)28-25(32)26(33)29-21-12-7-8-13-22(21)34-23(24(31)30-27)19-10-5-4-6-11-19/h4-8,10-17,23H,2-3,9,27H2,1H3,(H,28,32)(H,29,33)(H,30,31). The molecule has 0 fully saturated rings. The monoisotopic (exact) mass is 460 g/mol. The molecule has 0 saturated heterocycles. The number of amides is 3. The number of hydrogen-bond donors (Lipinski definition) is 4. The molecule has 0 saturated carbocycles. The van der Waals surface area contributed by atoms with Crippen molar-refractivity contribution in [2.24, 2.45) is 5.84 Å². The molecule has 0 radical (unpaired) electrons. The number of unbranched alkanes of at least 4 members (excludes halogenated alkanes) is 1. The van der Waals surface area contributed by atoms with Gasteiger partial charge in [-0.2, -0.15) is 0 Å². The van der Waals surface area contributed by atoms with Gasteiger partial charge in [-0.05, 0) is 42.7 Å². The van der Waals surface area contributed by atoms with Gasteiger partial charge in [0.2, 0.25) is 6.10 Å². The van der Waals surface area contributed by atoms with Crippen LogP contribution in [-0.2, 0) is 20.8 Å². The predicted molar refractivity (Wildman–Crippen MR) is 131 cm³/mol. The minimum Gasteiger partial charge on any atom is -0.474 e. The summed E-state index contributed by atoms with van der Waals surface area (Å²) in [5.41, 5.74) is 4.60. The summed E-state index contributed by atoms with van der Waals surface area (Å²) in [7, 11) is 0. The van der Waals surface area contributed by atoms with Gasteiger partial charge in [-0.3, -0.25) is 19.8 Å². The number of hydrogen-bond acceptors (Lipinski definition) is 5. The summed E-state index contributed by atoms with van der Waals surface area (Å²) in [6.45, 7) is 2.13. The van der Waals surface area contributed by atoms with E-state index in [2.05, 4.69) is 23.0 Å². The molecule has 0 aliphatic heterocycles. The van der Waals surface area contributed by atoms with E-state index in [1.165, 1.54) is 5.56 Å². The molecule has 5 N–H and O–H groups in total. The second kappa shape index (κ2) is 12.2. The first-order chi connectivity index (χ1) is 16.5. The van der Waals surface area contributed by atoms with E-state index in [1.54, 1.807) is 60.7 Å². The van der Waals surface area contributed by atoms with E-state index in [9.17, 15) is 14.4 Å². The molecule has 3 aromatic carbocycles. The molecule has 8 nitrogen and oxygen atoms in total. The van der Waals surface area contributed by atoms with E-state index in [0.717, 1.165) is 19.3 Å². The maximum atomic E-state index is 12.5. The van der Waals surface area contributed by atoms with Gasteiger partial charge in [-0.25, -0.2) is 5.84 Å². The Balaban J connectivity index is 1.69. The number of anilines is 2. The SMILES string of the molecule is CCCCc1ccc(NC(=O)C(=O)Nc2ccccc2OC(C(=O)NN)c2ccccc2)cc1. The van der Waals surface area contributed by atoms with Crippen molar-refractivity contribution in [3.05, 3.63) is 90.0 Å². The molecule has 3 rings (SSSR count). The summed E-state index contributed by atoms with van der Waals surface area (Å²) < 4.78 is 5.89. The highest BCUT2D eigenvalue weighted by Crippen LogP contribution is 2.29. The van der Waals surface area contributed by atoms with E-state index < -0.39 is 23.8 Å². The number of carbonyl (C=O) groups excluding carboxylic acids is 3. The maximum absolute atomic E-state index is 12.5. The lowest BCUT2D eigenvalue weighted by molar-refractivity contribution is -0.133. The number of aryl methyl sites for hydroxylation is 1. The quantitative estimate of drug-likeness (QED) is 0.168. The maximum Gasteiger partial charge on any atom is 0.314 e. The van der Waals surface area contributed by atoms with Gasteiger partial charge in [0.25, 0.3) is 5.91 Å². The number of nitrogens with two attached hydrogens (primary N) is 1. The fourth-order valence-electron chi connectivity index (χ4n) is 3.28. The van der Waals surface area contributed by atoms with Crippen LogP contribution >= 0.6 is 0 Å². The number of para-hydroxylation sites is 2. The second-order valence-electron chi connectivity index (χ2n) is 7.62. The smallest absolute Gasteiger partial charge is 0.314 e. The Morgan fingerprint density at radius 1 is 0.853 bits per heavy atom. The molecule has 0 bridgehead atoms. The first-order valence-corrected chi connectivity index (χ1v) is 11.0. The molecule has 8 heteroatoms. The van der Waals surface area contributed by atoms with Gasteiger partial charge in [0.15, 0.2) is 0 Å². The van der Waals surface area contributed by atoms with E-state index in [-0.39, 0.29) is 11.4 Å². The Morgan fingerprint density at radius 3 is 2.18 bits per heavy atom. The van der Waals surface area contributed by atoms with Crippen LogP contribution in [0.4, 0.5) is 11.4 Å². The van der Waals surface area contributed by atoms with Crippen molar-refractivity contribution in [3.8, 4) is 5.75 Å². The first kappa shape index (κ1) is 24.5. The Labute approximate surface area is 198 Å². The van der Waals surface area contributed by atoms with E-state index in [1.807, 2.05) is 18.2 Å². The molecule has 176 valence electrons. The molecule has 0 spiro atoms. The number of hydrazine groups is 1. The first-order valence-electron chi connectivity index (χ1n) is 11.0. The highest BCUT2D eigenvalue weighted by molar-refractivity contribution is 6.43. The molecule has 3 aromatic rings. The van der Waals surface area contributed by atoms with Crippen molar-refractivity contribution in [3.63, 3.8) is 0 Å². The molecule has 0 heterocycles. The highest BCUT2D eigenvalue weighted by Gasteiger charge is 2.24. The zero-order chi connectivity index (χ0) is 24.3. The van der Waals surface area contributed by atoms with Crippen LogP contribution in [0.3, 0.4) is 0 Å². The lowest BCUT2D eigenvalue weighted by atomic mass is 10.1. The molecule has 0 aromatic heterocycles. The molecular formula is C26H28N4O4. The van der Waals surface area contributed by atoms with Crippen LogP contribution in [0.15, 0.2) is 78.9 Å². The summed E-state index contributed by atoms with van der Waals surface area (Å²) >= 11 is 0. The lowest BCUT2D eigenvalue weighted by Crippen LogP contribution is -2.37. The third-order valence-electron chi connectivity index (χ3n) is 5.10. The fraction of sp³-hybridized carbons (Fsp3) is 0.192. The Hall–Kier alpha value is -4.17. The third kappa shape index (κ3) is 6.66. The molecule has 0 aliphatic rings. The van der Waals surface area contributed by atoms with Crippen molar-refractivity contribution >= 4 is 29.1 Å². The number of nitrogens with one attached hydrogen (secondary N) is 3. The average molecular weight is 461 g/mol. The number of rotatable bonds is 9. The third-order valence-corrected chi connectivity index (χ3v) is 5.10. The Bertz CT molecular complexity index is 1120. The largest absolute Gasteiger partial charge is 0.474 e. The van der Waals surface area contributed by atoms with Gasteiger partial charge in [0.05, 0.1) is 5.69 Å². The van der Waals surface area contributed by atoms with Crippen molar-refractivity contribution in [1.29, 1.82) is 0 Å². The number of benzene rings is 3. The van der Waals surface area contributed by atoms with Crippen LogP contribution in [0.5, 0.6) is 5.75 Å². The number of carbonyl (C=O) groups is 3.